The Labute approximate surface area is 174 Å². The van der Waals surface area contributed by atoms with Gasteiger partial charge in [-0.1, -0.05) is 48.0 Å². The Morgan fingerprint density at radius 2 is 1.90 bits per heavy atom. The van der Waals surface area contributed by atoms with E-state index in [-0.39, 0.29) is 45.5 Å². The molecule has 0 amide bonds. The molecule has 0 aliphatic rings. The molecule has 0 unspecified atom stereocenters. The van der Waals surface area contributed by atoms with Crippen LogP contribution in [0.4, 0.5) is 13.2 Å². The molecule has 2 aromatic heterocycles. The summed E-state index contributed by atoms with van der Waals surface area (Å²) in [6.07, 6.45) is -1.85. The Kier molecular flexibility index (Phi) is 3.57. The summed E-state index contributed by atoms with van der Waals surface area (Å²) in [7, 11) is 0. The number of benzene rings is 2. The minimum atomic E-state index is -4.57. The SMILES string of the molecule is [2H]c1c([2H])c([2H])c(CSc2nnc3c(=O)n(-c4cccc(C(F)(F)F)c4C)ccn23)c([2H])c1[2H]. The second-order valence-electron chi connectivity index (χ2n) is 5.99. The molecule has 29 heavy (non-hydrogen) atoms. The molecule has 2 heterocycles. The summed E-state index contributed by atoms with van der Waals surface area (Å²) < 4.78 is 81.4. The number of nitrogens with zero attached hydrogens (tertiary/aromatic N) is 4. The van der Waals surface area contributed by atoms with Crippen molar-refractivity contribution in [1.82, 2.24) is 19.2 Å². The van der Waals surface area contributed by atoms with Gasteiger partial charge < -0.3 is 0 Å². The van der Waals surface area contributed by atoms with Gasteiger partial charge in [0.15, 0.2) is 5.16 Å². The predicted octanol–water partition coefficient (Wildman–Crippen LogP) is 4.50. The van der Waals surface area contributed by atoms with Crippen LogP contribution in [-0.2, 0) is 11.9 Å². The topological polar surface area (TPSA) is 52.2 Å². The normalized spacial score (nSPS) is 14.3. The summed E-state index contributed by atoms with van der Waals surface area (Å²) in [4.78, 5) is 13.0. The molecule has 0 radical (unpaired) electrons. The smallest absolute Gasteiger partial charge is 0.279 e. The van der Waals surface area contributed by atoms with E-state index in [0.29, 0.717) is 0 Å². The van der Waals surface area contributed by atoms with E-state index < -0.39 is 35.4 Å². The summed E-state index contributed by atoms with van der Waals surface area (Å²) >= 11 is 1.01. The van der Waals surface area contributed by atoms with Gasteiger partial charge in [-0.15, -0.1) is 10.2 Å². The maximum Gasteiger partial charge on any atom is 0.416 e. The average Bonchev–Trinajstić information content (AvgIpc) is 3.20. The highest BCUT2D eigenvalue weighted by Crippen LogP contribution is 2.33. The second-order valence-corrected chi connectivity index (χ2v) is 6.93. The molecular weight excluding hydrogens is 401 g/mol. The zero-order chi connectivity index (χ0) is 24.9. The van der Waals surface area contributed by atoms with Gasteiger partial charge in [-0.3, -0.25) is 13.8 Å². The first-order valence-corrected chi connectivity index (χ1v) is 9.24. The van der Waals surface area contributed by atoms with Crippen molar-refractivity contribution in [2.24, 2.45) is 0 Å². The van der Waals surface area contributed by atoms with E-state index in [4.69, 9.17) is 6.85 Å². The average molecular weight is 421 g/mol. The van der Waals surface area contributed by atoms with Crippen LogP contribution in [0.1, 0.15) is 23.5 Å². The van der Waals surface area contributed by atoms with E-state index in [0.717, 1.165) is 22.4 Å². The van der Waals surface area contributed by atoms with E-state index in [1.807, 2.05) is 0 Å². The van der Waals surface area contributed by atoms with Crippen molar-refractivity contribution in [3.05, 3.63) is 87.8 Å². The van der Waals surface area contributed by atoms with E-state index >= 15 is 0 Å². The van der Waals surface area contributed by atoms with Crippen molar-refractivity contribution in [3.8, 4) is 5.69 Å². The van der Waals surface area contributed by atoms with Crippen LogP contribution in [0.25, 0.3) is 11.3 Å². The number of fused-ring (bicyclic) bond motifs is 1. The zero-order valence-electron chi connectivity index (χ0n) is 19.8. The third kappa shape index (κ3) is 3.65. The van der Waals surface area contributed by atoms with Crippen molar-refractivity contribution in [3.63, 3.8) is 0 Å². The van der Waals surface area contributed by atoms with Gasteiger partial charge in [0, 0.05) is 18.1 Å². The molecule has 148 valence electrons. The molecule has 0 bridgehead atoms. The molecule has 5 nitrogen and oxygen atoms in total. The lowest BCUT2D eigenvalue weighted by Crippen LogP contribution is -2.22. The van der Waals surface area contributed by atoms with Crippen LogP contribution in [0, 0.1) is 6.92 Å². The van der Waals surface area contributed by atoms with Gasteiger partial charge in [-0.2, -0.15) is 13.2 Å². The second kappa shape index (κ2) is 7.40. The summed E-state index contributed by atoms with van der Waals surface area (Å²) in [6, 6.07) is 1.46. The number of hydrogen-bond donors (Lipinski definition) is 0. The molecule has 0 aliphatic carbocycles. The van der Waals surface area contributed by atoms with Crippen molar-refractivity contribution in [2.45, 2.75) is 24.0 Å². The number of alkyl halides is 3. The molecule has 4 aromatic rings. The Bertz CT molecular complexity index is 1470. The van der Waals surface area contributed by atoms with Crippen LogP contribution in [-0.4, -0.2) is 19.2 Å². The van der Waals surface area contributed by atoms with Crippen LogP contribution in [0.2, 0.25) is 0 Å². The molecule has 0 spiro atoms. The van der Waals surface area contributed by atoms with Crippen molar-refractivity contribution < 1.29 is 20.0 Å². The van der Waals surface area contributed by atoms with Crippen LogP contribution >= 0.6 is 11.8 Å². The van der Waals surface area contributed by atoms with Gasteiger partial charge in [-0.25, -0.2) is 0 Å². The van der Waals surface area contributed by atoms with E-state index in [9.17, 15) is 18.0 Å². The Morgan fingerprint density at radius 1 is 1.14 bits per heavy atom. The predicted molar refractivity (Wildman–Crippen MR) is 104 cm³/mol. The maximum absolute atomic E-state index is 13.3. The molecule has 9 heteroatoms. The lowest BCUT2D eigenvalue weighted by Gasteiger charge is -2.15. The number of aromatic nitrogens is 4. The van der Waals surface area contributed by atoms with Crippen molar-refractivity contribution in [2.75, 3.05) is 0 Å². The fourth-order valence-electron chi connectivity index (χ4n) is 2.83. The summed E-state index contributed by atoms with van der Waals surface area (Å²) in [5.41, 5.74) is -1.67. The molecule has 0 N–H and O–H groups in total. The van der Waals surface area contributed by atoms with Crippen LogP contribution in [0.15, 0.2) is 70.8 Å². The largest absolute Gasteiger partial charge is 0.416 e. The van der Waals surface area contributed by atoms with Gasteiger partial charge in [0.1, 0.15) is 0 Å². The van der Waals surface area contributed by atoms with Crippen molar-refractivity contribution >= 4 is 17.4 Å². The molecule has 0 fully saturated rings. The highest BCUT2D eigenvalue weighted by atomic mass is 32.2. The number of thioether (sulfide) groups is 1. The van der Waals surface area contributed by atoms with E-state index in [2.05, 4.69) is 10.2 Å². The standard InChI is InChI=1S/C20H15F3N4OS/c1-13-15(20(21,22)23)8-5-9-16(13)26-10-11-27-17(18(26)28)24-25-19(27)29-12-14-6-3-2-4-7-14/h2-11H,12H2,1H3/i2D,3D,4D,6D,7D. The van der Waals surface area contributed by atoms with Crippen LogP contribution < -0.4 is 5.56 Å². The minimum absolute atomic E-state index is 0.0354. The Hall–Kier alpha value is -3.07. The lowest BCUT2D eigenvalue weighted by molar-refractivity contribution is -0.138. The first-order valence-electron chi connectivity index (χ1n) is 10.8. The molecule has 0 atom stereocenters. The number of rotatable bonds is 4. The highest BCUT2D eigenvalue weighted by molar-refractivity contribution is 7.98. The van der Waals surface area contributed by atoms with Crippen LogP contribution in [0.5, 0.6) is 0 Å². The van der Waals surface area contributed by atoms with Gasteiger partial charge in [0.2, 0.25) is 5.65 Å². The molecule has 0 saturated heterocycles. The quantitative estimate of drug-likeness (QED) is 0.456. The first-order chi connectivity index (χ1) is 15.9. The van der Waals surface area contributed by atoms with Gasteiger partial charge in [0.25, 0.3) is 0 Å². The third-order valence-electron chi connectivity index (χ3n) is 4.21. The molecule has 0 saturated carbocycles. The van der Waals surface area contributed by atoms with Gasteiger partial charge in [0.05, 0.1) is 18.1 Å². The summed E-state index contributed by atoms with van der Waals surface area (Å²) in [6.45, 7) is 1.28. The summed E-state index contributed by atoms with van der Waals surface area (Å²) in [5.74, 6) is -0.0354. The molecule has 0 aliphatic heterocycles. The van der Waals surface area contributed by atoms with Gasteiger partial charge >= 0.3 is 11.7 Å². The Balaban J connectivity index is 1.72. The number of halogens is 3. The summed E-state index contributed by atoms with van der Waals surface area (Å²) in [5, 5.41) is 8.00. The molecular formula is C20H15F3N4OS. The molecule has 2 aromatic carbocycles. The zero-order valence-corrected chi connectivity index (χ0v) is 15.6. The van der Waals surface area contributed by atoms with Gasteiger partial charge in [-0.05, 0) is 30.2 Å². The fraction of sp³-hybridized carbons (Fsp3) is 0.150. The third-order valence-corrected chi connectivity index (χ3v) is 5.18. The molecule has 4 rings (SSSR count). The lowest BCUT2D eigenvalue weighted by atomic mass is 10.1. The van der Waals surface area contributed by atoms with Crippen molar-refractivity contribution in [1.29, 1.82) is 0 Å². The number of hydrogen-bond acceptors (Lipinski definition) is 4. The maximum atomic E-state index is 13.3. The monoisotopic (exact) mass is 421 g/mol. The highest BCUT2D eigenvalue weighted by Gasteiger charge is 2.33. The van der Waals surface area contributed by atoms with E-state index in [1.165, 1.54) is 35.9 Å². The minimum Gasteiger partial charge on any atom is -0.279 e. The van der Waals surface area contributed by atoms with Crippen LogP contribution in [0.3, 0.4) is 0 Å². The fourth-order valence-corrected chi connectivity index (χ4v) is 3.63. The Morgan fingerprint density at radius 3 is 2.62 bits per heavy atom. The first kappa shape index (κ1) is 14.0. The van der Waals surface area contributed by atoms with E-state index in [1.54, 1.807) is 0 Å².